The van der Waals surface area contributed by atoms with E-state index in [-0.39, 0.29) is 23.6 Å². The third-order valence-corrected chi connectivity index (χ3v) is 5.56. The summed E-state index contributed by atoms with van der Waals surface area (Å²) in [4.78, 5) is 17.9. The molecular weight excluding hydrogens is 534 g/mol. The summed E-state index contributed by atoms with van der Waals surface area (Å²) in [5, 5.41) is 3.27. The smallest absolute Gasteiger partial charge is 0.418 e. The van der Waals surface area contributed by atoms with Crippen LogP contribution in [0.2, 0.25) is 0 Å². The topological polar surface area (TPSA) is 56.1 Å². The van der Waals surface area contributed by atoms with E-state index in [1.165, 1.54) is 18.2 Å². The largest absolute Gasteiger partial charge is 0.497 e. The van der Waals surface area contributed by atoms with Crippen molar-refractivity contribution in [1.82, 2.24) is 9.55 Å². The van der Waals surface area contributed by atoms with E-state index in [2.05, 4.69) is 10.3 Å². The zero-order chi connectivity index (χ0) is 22.9. The molecule has 9 heteroatoms. The molecule has 0 fully saturated rings. The summed E-state index contributed by atoms with van der Waals surface area (Å²) in [6.07, 6.45) is -4.64. The number of halogens is 4. The maximum Gasteiger partial charge on any atom is 0.418 e. The molecule has 4 aromatic rings. The van der Waals surface area contributed by atoms with Crippen molar-refractivity contribution < 1.29 is 17.9 Å². The van der Waals surface area contributed by atoms with E-state index in [1.54, 1.807) is 37.4 Å². The number of methoxy groups -OCH3 is 1. The lowest BCUT2D eigenvalue weighted by molar-refractivity contribution is -0.137. The van der Waals surface area contributed by atoms with Crippen LogP contribution in [-0.2, 0) is 12.7 Å². The third-order valence-electron chi connectivity index (χ3n) is 4.89. The van der Waals surface area contributed by atoms with E-state index >= 15 is 0 Å². The van der Waals surface area contributed by atoms with Gasteiger partial charge in [0, 0.05) is 10.1 Å². The minimum Gasteiger partial charge on any atom is -0.497 e. The number of para-hydroxylation sites is 1. The summed E-state index contributed by atoms with van der Waals surface area (Å²) in [7, 11) is 1.56. The summed E-state index contributed by atoms with van der Waals surface area (Å²) >= 11 is 2.05. The second kappa shape index (κ2) is 8.81. The molecule has 4 rings (SSSR count). The molecule has 0 aliphatic carbocycles. The minimum atomic E-state index is -4.64. The molecule has 3 aromatic carbocycles. The first kappa shape index (κ1) is 22.1. The van der Waals surface area contributed by atoms with Crippen LogP contribution in [0.5, 0.6) is 5.75 Å². The molecule has 1 heterocycles. The molecule has 0 bridgehead atoms. The number of hydrogen-bond donors (Lipinski definition) is 1. The quantitative estimate of drug-likeness (QED) is 0.327. The van der Waals surface area contributed by atoms with Crippen molar-refractivity contribution in [2.75, 3.05) is 12.4 Å². The normalized spacial score (nSPS) is 11.5. The lowest BCUT2D eigenvalue weighted by atomic mass is 10.1. The molecule has 0 aliphatic heterocycles. The lowest BCUT2D eigenvalue weighted by Gasteiger charge is -2.19. The third kappa shape index (κ3) is 4.43. The molecular formula is C23H17F3IN3O2. The number of aromatic nitrogens is 2. The van der Waals surface area contributed by atoms with E-state index in [0.717, 1.165) is 19.8 Å². The van der Waals surface area contributed by atoms with Crippen LogP contribution < -0.4 is 15.6 Å². The van der Waals surface area contributed by atoms with Gasteiger partial charge in [0.05, 0.1) is 29.3 Å². The maximum absolute atomic E-state index is 13.7. The summed E-state index contributed by atoms with van der Waals surface area (Å²) < 4.78 is 48.1. The first-order chi connectivity index (χ1) is 15.3. The van der Waals surface area contributed by atoms with E-state index in [9.17, 15) is 18.0 Å². The zero-order valence-electron chi connectivity index (χ0n) is 16.8. The Balaban J connectivity index is 1.88. The fraction of sp³-hybridized carbons (Fsp3) is 0.130. The van der Waals surface area contributed by atoms with E-state index < -0.39 is 17.3 Å². The van der Waals surface area contributed by atoms with Gasteiger partial charge >= 0.3 is 6.18 Å². The molecule has 0 atom stereocenters. The molecule has 32 heavy (non-hydrogen) atoms. The van der Waals surface area contributed by atoms with E-state index in [4.69, 9.17) is 4.74 Å². The first-order valence-electron chi connectivity index (χ1n) is 9.53. The van der Waals surface area contributed by atoms with Crippen LogP contribution in [0.15, 0.2) is 71.5 Å². The number of hydrogen-bond acceptors (Lipinski definition) is 4. The second-order valence-electron chi connectivity index (χ2n) is 6.95. The molecule has 164 valence electrons. The van der Waals surface area contributed by atoms with Crippen LogP contribution in [-0.4, -0.2) is 16.7 Å². The van der Waals surface area contributed by atoms with Crippen molar-refractivity contribution in [3.8, 4) is 11.4 Å². The Morgan fingerprint density at radius 2 is 1.78 bits per heavy atom. The van der Waals surface area contributed by atoms with Gasteiger partial charge in [-0.05, 0) is 70.6 Å². The Morgan fingerprint density at radius 1 is 1.06 bits per heavy atom. The van der Waals surface area contributed by atoms with Gasteiger partial charge in [-0.3, -0.25) is 4.79 Å². The second-order valence-corrected chi connectivity index (χ2v) is 8.20. The molecule has 1 N–H and O–H groups in total. The maximum atomic E-state index is 13.7. The first-order valence-corrected chi connectivity index (χ1v) is 10.6. The zero-order valence-corrected chi connectivity index (χ0v) is 18.9. The molecule has 0 amide bonds. The SMILES string of the molecule is COc1ccc(CNc2nc3ccc(I)cc3c(=O)n2-c2ccccc2C(F)(F)F)cc1. The van der Waals surface area contributed by atoms with E-state index in [0.29, 0.717) is 11.3 Å². The lowest BCUT2D eigenvalue weighted by Crippen LogP contribution is -2.26. The number of nitrogens with one attached hydrogen (secondary N) is 1. The number of ether oxygens (including phenoxy) is 1. The Hall–Kier alpha value is -3.08. The molecule has 0 unspecified atom stereocenters. The molecule has 5 nitrogen and oxygen atoms in total. The number of nitrogens with zero attached hydrogens (tertiary/aromatic N) is 2. The van der Waals surface area contributed by atoms with Crippen molar-refractivity contribution in [3.63, 3.8) is 0 Å². The average Bonchev–Trinajstić information content (AvgIpc) is 2.78. The van der Waals surface area contributed by atoms with Gasteiger partial charge < -0.3 is 10.1 Å². The molecule has 0 radical (unpaired) electrons. The number of benzene rings is 3. The molecule has 1 aromatic heterocycles. The highest BCUT2D eigenvalue weighted by molar-refractivity contribution is 14.1. The van der Waals surface area contributed by atoms with Crippen LogP contribution in [0, 0.1) is 3.57 Å². The summed E-state index contributed by atoms with van der Waals surface area (Å²) in [6, 6.07) is 17.2. The predicted octanol–water partition coefficient (Wildman–Crippen LogP) is 5.63. The fourth-order valence-electron chi connectivity index (χ4n) is 3.33. The van der Waals surface area contributed by atoms with Crippen LogP contribution in [0.25, 0.3) is 16.6 Å². The number of rotatable bonds is 5. The van der Waals surface area contributed by atoms with Gasteiger partial charge in [0.15, 0.2) is 0 Å². The Labute approximate surface area is 195 Å². The van der Waals surface area contributed by atoms with Crippen molar-refractivity contribution in [2.24, 2.45) is 0 Å². The molecule has 0 spiro atoms. The van der Waals surface area contributed by atoms with Gasteiger partial charge in [0.1, 0.15) is 5.75 Å². The van der Waals surface area contributed by atoms with Crippen LogP contribution in [0.1, 0.15) is 11.1 Å². The molecule has 0 saturated heterocycles. The van der Waals surface area contributed by atoms with Gasteiger partial charge in [-0.25, -0.2) is 9.55 Å². The summed E-state index contributed by atoms with van der Waals surface area (Å²) in [5.74, 6) is 0.708. The molecule has 0 saturated carbocycles. The predicted molar refractivity (Wildman–Crippen MR) is 125 cm³/mol. The Morgan fingerprint density at radius 3 is 2.47 bits per heavy atom. The number of alkyl halides is 3. The van der Waals surface area contributed by atoms with Crippen molar-refractivity contribution in [2.45, 2.75) is 12.7 Å². The fourth-order valence-corrected chi connectivity index (χ4v) is 3.82. The summed E-state index contributed by atoms with van der Waals surface area (Å²) in [6.45, 7) is 0.250. The minimum absolute atomic E-state index is 0.0243. The van der Waals surface area contributed by atoms with Crippen LogP contribution in [0.3, 0.4) is 0 Å². The Kier molecular flexibility index (Phi) is 6.09. The monoisotopic (exact) mass is 551 g/mol. The van der Waals surface area contributed by atoms with E-state index in [1.807, 2.05) is 34.7 Å². The highest BCUT2D eigenvalue weighted by Gasteiger charge is 2.34. The van der Waals surface area contributed by atoms with Gasteiger partial charge in [-0.1, -0.05) is 24.3 Å². The van der Waals surface area contributed by atoms with Crippen LogP contribution in [0.4, 0.5) is 19.1 Å². The standard InChI is InChI=1S/C23H17F3IN3O2/c1-32-16-9-6-14(7-10-16)13-28-22-29-19-11-8-15(27)12-17(19)21(31)30(22)20-5-3-2-4-18(20)23(24,25)26/h2-12H,13H2,1H3,(H,28,29). The van der Waals surface area contributed by atoms with Crippen molar-refractivity contribution >= 4 is 39.4 Å². The highest BCUT2D eigenvalue weighted by Crippen LogP contribution is 2.34. The average molecular weight is 551 g/mol. The molecule has 0 aliphatic rings. The van der Waals surface area contributed by atoms with Gasteiger partial charge in [-0.2, -0.15) is 13.2 Å². The van der Waals surface area contributed by atoms with Crippen LogP contribution >= 0.6 is 22.6 Å². The van der Waals surface area contributed by atoms with Gasteiger partial charge in [0.25, 0.3) is 5.56 Å². The summed E-state index contributed by atoms with van der Waals surface area (Å²) in [5.41, 5.74) is -0.536. The van der Waals surface area contributed by atoms with Crippen molar-refractivity contribution in [1.29, 1.82) is 0 Å². The van der Waals surface area contributed by atoms with Gasteiger partial charge in [0.2, 0.25) is 5.95 Å². The van der Waals surface area contributed by atoms with Gasteiger partial charge in [-0.15, -0.1) is 0 Å². The highest BCUT2D eigenvalue weighted by atomic mass is 127. The number of fused-ring (bicyclic) bond motifs is 1. The van der Waals surface area contributed by atoms with Crippen molar-refractivity contribution in [3.05, 3.63) is 91.8 Å². The number of anilines is 1. The Bertz CT molecular complexity index is 1340.